The zero-order chi connectivity index (χ0) is 16.1. The highest BCUT2D eigenvalue weighted by Crippen LogP contribution is 2.21. The molecule has 0 aliphatic carbocycles. The van der Waals surface area contributed by atoms with E-state index < -0.39 is 0 Å². The third kappa shape index (κ3) is 3.67. The number of aryl methyl sites for hydroxylation is 2. The van der Waals surface area contributed by atoms with Gasteiger partial charge in [-0.25, -0.2) is 0 Å². The molecule has 0 aromatic heterocycles. The molecule has 22 heavy (non-hydrogen) atoms. The number of ether oxygens (including phenoxy) is 1. The lowest BCUT2D eigenvalue weighted by molar-refractivity contribution is 0.0939. The molecule has 2 aromatic carbocycles. The minimum atomic E-state index is -0.0677. The van der Waals surface area contributed by atoms with E-state index in [1.54, 1.807) is 6.07 Å². The second-order valence-corrected chi connectivity index (χ2v) is 5.47. The smallest absolute Gasteiger partial charge is 0.251 e. The van der Waals surface area contributed by atoms with Gasteiger partial charge in [0.15, 0.2) is 0 Å². The number of amides is 1. The van der Waals surface area contributed by atoms with Crippen LogP contribution < -0.4 is 10.1 Å². The molecule has 0 saturated heterocycles. The maximum Gasteiger partial charge on any atom is 0.251 e. The van der Waals surface area contributed by atoms with Crippen LogP contribution in [0.4, 0.5) is 0 Å². The molecule has 0 aliphatic heterocycles. The second-order valence-electron chi connectivity index (χ2n) is 5.47. The summed E-state index contributed by atoms with van der Waals surface area (Å²) in [4.78, 5) is 12.4. The summed E-state index contributed by atoms with van der Waals surface area (Å²) in [7, 11) is 0. The van der Waals surface area contributed by atoms with E-state index in [0.717, 1.165) is 16.9 Å². The average molecular weight is 297 g/mol. The van der Waals surface area contributed by atoms with E-state index in [0.29, 0.717) is 12.2 Å². The maximum atomic E-state index is 12.4. The number of nitrogens with one attached hydrogen (secondary N) is 1. The van der Waals surface area contributed by atoms with Crippen LogP contribution in [0, 0.1) is 13.8 Å². The van der Waals surface area contributed by atoms with Gasteiger partial charge in [0.2, 0.25) is 0 Å². The van der Waals surface area contributed by atoms with E-state index in [2.05, 4.69) is 18.3 Å². The normalized spacial score (nSPS) is 11.8. The van der Waals surface area contributed by atoms with Crippen LogP contribution in [0.5, 0.6) is 5.75 Å². The Hall–Kier alpha value is -2.29. The van der Waals surface area contributed by atoms with Crippen LogP contribution in [0.25, 0.3) is 0 Å². The van der Waals surface area contributed by atoms with Crippen LogP contribution in [0.3, 0.4) is 0 Å². The largest absolute Gasteiger partial charge is 0.494 e. The van der Waals surface area contributed by atoms with Crippen molar-refractivity contribution in [3.8, 4) is 5.75 Å². The number of rotatable bonds is 5. The minimum Gasteiger partial charge on any atom is -0.494 e. The number of benzene rings is 2. The molecule has 0 radical (unpaired) electrons. The number of carbonyl (C=O) groups is 1. The fourth-order valence-corrected chi connectivity index (χ4v) is 2.54. The average Bonchev–Trinajstić information content (AvgIpc) is 2.49. The molecule has 0 fully saturated rings. The Labute approximate surface area is 132 Å². The summed E-state index contributed by atoms with van der Waals surface area (Å²) in [5.41, 5.74) is 3.94. The Morgan fingerprint density at radius 1 is 1.14 bits per heavy atom. The van der Waals surface area contributed by atoms with Gasteiger partial charge >= 0.3 is 0 Å². The molecule has 116 valence electrons. The SMILES string of the molecule is CCOc1ccc(C(=O)N[C@@H](C)c2ccccc2C)cc1C. The molecule has 3 heteroatoms. The van der Waals surface area contributed by atoms with Crippen LogP contribution in [-0.4, -0.2) is 12.5 Å². The summed E-state index contributed by atoms with van der Waals surface area (Å²) in [5.74, 6) is 0.757. The number of carbonyl (C=O) groups excluding carboxylic acids is 1. The molecular formula is C19H23NO2. The summed E-state index contributed by atoms with van der Waals surface area (Å²) in [6, 6.07) is 13.6. The molecule has 2 rings (SSSR count). The fourth-order valence-electron chi connectivity index (χ4n) is 2.54. The molecule has 0 spiro atoms. The third-order valence-corrected chi connectivity index (χ3v) is 3.74. The topological polar surface area (TPSA) is 38.3 Å². The highest BCUT2D eigenvalue weighted by molar-refractivity contribution is 5.94. The van der Waals surface area contributed by atoms with E-state index in [1.165, 1.54) is 5.56 Å². The van der Waals surface area contributed by atoms with Crippen molar-refractivity contribution >= 4 is 5.91 Å². The first-order valence-electron chi connectivity index (χ1n) is 7.62. The van der Waals surface area contributed by atoms with E-state index in [1.807, 2.05) is 51.1 Å². The molecule has 0 unspecified atom stereocenters. The zero-order valence-electron chi connectivity index (χ0n) is 13.6. The highest BCUT2D eigenvalue weighted by Gasteiger charge is 2.13. The van der Waals surface area contributed by atoms with Crippen molar-refractivity contribution in [1.82, 2.24) is 5.32 Å². The van der Waals surface area contributed by atoms with Crippen LogP contribution in [-0.2, 0) is 0 Å². The van der Waals surface area contributed by atoms with Crippen LogP contribution >= 0.6 is 0 Å². The van der Waals surface area contributed by atoms with Gasteiger partial charge in [0.25, 0.3) is 5.91 Å². The predicted molar refractivity (Wildman–Crippen MR) is 89.4 cm³/mol. The van der Waals surface area contributed by atoms with Gasteiger partial charge in [0, 0.05) is 5.56 Å². The van der Waals surface area contributed by atoms with Gasteiger partial charge in [-0.15, -0.1) is 0 Å². The van der Waals surface area contributed by atoms with E-state index in [9.17, 15) is 4.79 Å². The third-order valence-electron chi connectivity index (χ3n) is 3.74. The Morgan fingerprint density at radius 3 is 2.50 bits per heavy atom. The van der Waals surface area contributed by atoms with Crippen molar-refractivity contribution in [3.05, 3.63) is 64.7 Å². The van der Waals surface area contributed by atoms with E-state index in [4.69, 9.17) is 4.74 Å². The summed E-state index contributed by atoms with van der Waals surface area (Å²) in [6.07, 6.45) is 0. The first-order valence-corrected chi connectivity index (χ1v) is 7.62. The molecule has 0 heterocycles. The summed E-state index contributed by atoms with van der Waals surface area (Å²) < 4.78 is 5.51. The first-order chi connectivity index (χ1) is 10.5. The molecule has 1 atom stereocenters. The predicted octanol–water partition coefficient (Wildman–Crippen LogP) is 4.19. The minimum absolute atomic E-state index is 0.0272. The molecule has 1 amide bonds. The summed E-state index contributed by atoms with van der Waals surface area (Å²) >= 11 is 0. The van der Waals surface area contributed by atoms with Crippen LogP contribution in [0.15, 0.2) is 42.5 Å². The van der Waals surface area contributed by atoms with Crippen molar-refractivity contribution in [1.29, 1.82) is 0 Å². The fraction of sp³-hybridized carbons (Fsp3) is 0.316. The molecule has 2 aromatic rings. The lowest BCUT2D eigenvalue weighted by atomic mass is 10.0. The maximum absolute atomic E-state index is 12.4. The van der Waals surface area contributed by atoms with Crippen molar-refractivity contribution in [2.45, 2.75) is 33.7 Å². The van der Waals surface area contributed by atoms with Gasteiger partial charge < -0.3 is 10.1 Å². The van der Waals surface area contributed by atoms with Gasteiger partial charge in [-0.05, 0) is 62.6 Å². The van der Waals surface area contributed by atoms with Crippen molar-refractivity contribution in [2.75, 3.05) is 6.61 Å². The summed E-state index contributed by atoms with van der Waals surface area (Å²) in [6.45, 7) is 8.58. The Kier molecular flexibility index (Phi) is 5.21. The molecule has 3 nitrogen and oxygen atoms in total. The van der Waals surface area contributed by atoms with Crippen LogP contribution in [0.1, 0.15) is 46.9 Å². The summed E-state index contributed by atoms with van der Waals surface area (Å²) in [5, 5.41) is 3.05. The molecule has 0 aliphatic rings. The first kappa shape index (κ1) is 16.1. The Balaban J connectivity index is 2.12. The lowest BCUT2D eigenvalue weighted by Gasteiger charge is -2.17. The van der Waals surface area contributed by atoms with Gasteiger partial charge in [-0.2, -0.15) is 0 Å². The van der Waals surface area contributed by atoms with Gasteiger partial charge in [0.05, 0.1) is 12.6 Å². The number of hydrogen-bond donors (Lipinski definition) is 1. The van der Waals surface area contributed by atoms with Gasteiger partial charge in [-0.1, -0.05) is 24.3 Å². The number of hydrogen-bond acceptors (Lipinski definition) is 2. The van der Waals surface area contributed by atoms with Crippen LogP contribution in [0.2, 0.25) is 0 Å². The molecule has 1 N–H and O–H groups in total. The zero-order valence-corrected chi connectivity index (χ0v) is 13.6. The Morgan fingerprint density at radius 2 is 1.86 bits per heavy atom. The highest BCUT2D eigenvalue weighted by atomic mass is 16.5. The monoisotopic (exact) mass is 297 g/mol. The molecular weight excluding hydrogens is 274 g/mol. The van der Waals surface area contributed by atoms with Gasteiger partial charge in [-0.3, -0.25) is 4.79 Å². The quantitative estimate of drug-likeness (QED) is 0.898. The second kappa shape index (κ2) is 7.12. The van der Waals surface area contributed by atoms with Crippen molar-refractivity contribution < 1.29 is 9.53 Å². The van der Waals surface area contributed by atoms with Crippen molar-refractivity contribution in [2.24, 2.45) is 0 Å². The van der Waals surface area contributed by atoms with E-state index >= 15 is 0 Å². The molecule has 0 saturated carbocycles. The van der Waals surface area contributed by atoms with Gasteiger partial charge in [0.1, 0.15) is 5.75 Å². The van der Waals surface area contributed by atoms with E-state index in [-0.39, 0.29) is 11.9 Å². The molecule has 0 bridgehead atoms. The Bertz CT molecular complexity index is 664. The van der Waals surface area contributed by atoms with Crippen molar-refractivity contribution in [3.63, 3.8) is 0 Å². The lowest BCUT2D eigenvalue weighted by Crippen LogP contribution is -2.27. The standard InChI is InChI=1S/C19H23NO2/c1-5-22-18-11-10-16(12-14(18)3)19(21)20-15(4)17-9-7-6-8-13(17)2/h6-12,15H,5H2,1-4H3,(H,20,21)/t15-/m0/s1.